The van der Waals surface area contributed by atoms with E-state index in [1.807, 2.05) is 6.20 Å². The van der Waals surface area contributed by atoms with Gasteiger partial charge in [-0.15, -0.1) is 0 Å². The van der Waals surface area contributed by atoms with Crippen molar-refractivity contribution < 1.29 is 24.5 Å². The highest BCUT2D eigenvalue weighted by Gasteiger charge is 2.37. The Labute approximate surface area is 218 Å². The zero-order valence-corrected chi connectivity index (χ0v) is 21.4. The van der Waals surface area contributed by atoms with Crippen molar-refractivity contribution >= 4 is 38.6 Å². The molecule has 2 aromatic carbocycles. The molecule has 2 unspecified atom stereocenters. The van der Waals surface area contributed by atoms with Crippen LogP contribution >= 0.6 is 15.9 Å². The second-order valence-corrected chi connectivity index (χ2v) is 10.1. The molecule has 2 fully saturated rings. The molecule has 2 saturated carbocycles. The van der Waals surface area contributed by atoms with E-state index in [1.165, 1.54) is 31.2 Å². The Kier molecular flexibility index (Phi) is 8.72. The number of pyridine rings is 1. The van der Waals surface area contributed by atoms with E-state index in [1.54, 1.807) is 0 Å². The summed E-state index contributed by atoms with van der Waals surface area (Å²) < 4.78 is 7.19. The zero-order chi connectivity index (χ0) is 25.5. The van der Waals surface area contributed by atoms with Crippen LogP contribution in [0.4, 0.5) is 0 Å². The maximum atomic E-state index is 9.55. The minimum absolute atomic E-state index is 0.558. The lowest BCUT2D eigenvalue weighted by atomic mass is 10.0. The summed E-state index contributed by atoms with van der Waals surface area (Å²) in [7, 11) is 0. The van der Waals surface area contributed by atoms with Gasteiger partial charge in [0.2, 0.25) is 0 Å². The van der Waals surface area contributed by atoms with Crippen LogP contribution in [-0.4, -0.2) is 46.8 Å². The molecule has 2 aliphatic carbocycles. The summed E-state index contributed by atoms with van der Waals surface area (Å²) in [5, 5.41) is 21.6. The molecular formula is C28H29BrN2O5. The molecule has 188 valence electrons. The third-order valence-electron chi connectivity index (χ3n) is 6.29. The largest absolute Gasteiger partial charge is 0.493 e. The number of carboxylic acids is 2. The van der Waals surface area contributed by atoms with Crippen LogP contribution in [0.3, 0.4) is 0 Å². The number of rotatable bonds is 10. The number of nitrogens with one attached hydrogen (secondary N) is 1. The van der Waals surface area contributed by atoms with Crippen LogP contribution in [0.5, 0.6) is 5.75 Å². The summed E-state index contributed by atoms with van der Waals surface area (Å²) in [6.45, 7) is 3.19. The van der Waals surface area contributed by atoms with Crippen LogP contribution in [0.15, 0.2) is 71.4 Å². The van der Waals surface area contributed by atoms with Crippen molar-refractivity contribution in [2.24, 2.45) is 17.8 Å². The predicted molar refractivity (Wildman–Crippen MR) is 142 cm³/mol. The fourth-order valence-electron chi connectivity index (χ4n) is 3.99. The molecule has 0 saturated heterocycles. The molecule has 0 bridgehead atoms. The fraction of sp³-hybridized carbons (Fsp3) is 0.321. The molecule has 8 heteroatoms. The Balaban J connectivity index is 0.000000331. The van der Waals surface area contributed by atoms with E-state index in [0.717, 1.165) is 51.9 Å². The molecule has 1 heterocycles. The Hall–Kier alpha value is -3.23. The van der Waals surface area contributed by atoms with Crippen molar-refractivity contribution in [1.82, 2.24) is 10.3 Å². The Morgan fingerprint density at radius 3 is 2.39 bits per heavy atom. The number of carbonyl (C=O) groups is 2. The number of nitrogens with zero attached hydrogens (tertiary/aromatic N) is 1. The molecule has 3 N–H and O–H groups in total. The third-order valence-corrected chi connectivity index (χ3v) is 6.82. The van der Waals surface area contributed by atoms with Gasteiger partial charge in [0.05, 0.1) is 12.3 Å². The summed E-state index contributed by atoms with van der Waals surface area (Å²) >= 11 is 3.50. The van der Waals surface area contributed by atoms with Crippen LogP contribution < -0.4 is 10.1 Å². The predicted octanol–water partition coefficient (Wildman–Crippen LogP) is 5.39. The number of fused-ring (bicyclic) bond motifs is 1. The van der Waals surface area contributed by atoms with Gasteiger partial charge >= 0.3 is 11.9 Å². The number of aromatic nitrogens is 1. The monoisotopic (exact) mass is 552 g/mol. The maximum Gasteiger partial charge on any atom is 0.328 e. The van der Waals surface area contributed by atoms with Gasteiger partial charge in [0.15, 0.2) is 0 Å². The number of hydrogen-bond donors (Lipinski definition) is 3. The summed E-state index contributed by atoms with van der Waals surface area (Å²) in [6, 6.07) is 16.7. The minimum Gasteiger partial charge on any atom is -0.493 e. The Morgan fingerprint density at radius 2 is 1.72 bits per heavy atom. The van der Waals surface area contributed by atoms with Crippen LogP contribution in [-0.2, 0) is 9.59 Å². The average Bonchev–Trinajstić information content (AvgIpc) is 3.79. The number of ether oxygens (including phenoxy) is 1. The van der Waals surface area contributed by atoms with E-state index in [4.69, 9.17) is 14.9 Å². The van der Waals surface area contributed by atoms with Crippen LogP contribution in [0.2, 0.25) is 0 Å². The topological polar surface area (TPSA) is 109 Å². The maximum absolute atomic E-state index is 9.55. The molecule has 1 aromatic heterocycles. The second kappa shape index (κ2) is 12.1. The van der Waals surface area contributed by atoms with Crippen molar-refractivity contribution in [3.8, 4) is 17.0 Å². The van der Waals surface area contributed by atoms with Crippen molar-refractivity contribution in [1.29, 1.82) is 0 Å². The quantitative estimate of drug-likeness (QED) is 0.289. The van der Waals surface area contributed by atoms with Crippen molar-refractivity contribution in [3.63, 3.8) is 0 Å². The zero-order valence-electron chi connectivity index (χ0n) is 19.8. The summed E-state index contributed by atoms with van der Waals surface area (Å²) in [4.78, 5) is 23.7. The van der Waals surface area contributed by atoms with Crippen molar-refractivity contribution in [2.75, 3.05) is 19.7 Å². The van der Waals surface area contributed by atoms with Crippen LogP contribution in [0.1, 0.15) is 19.3 Å². The lowest BCUT2D eigenvalue weighted by Crippen LogP contribution is -2.20. The number of hydrogen-bond acceptors (Lipinski definition) is 5. The molecule has 5 rings (SSSR count). The molecule has 36 heavy (non-hydrogen) atoms. The molecule has 2 atom stereocenters. The first-order valence-corrected chi connectivity index (χ1v) is 12.8. The van der Waals surface area contributed by atoms with E-state index >= 15 is 0 Å². The van der Waals surface area contributed by atoms with Gasteiger partial charge in [-0.2, -0.15) is 0 Å². The normalized spacial score (nSPS) is 18.5. The van der Waals surface area contributed by atoms with Gasteiger partial charge in [0.1, 0.15) is 5.75 Å². The summed E-state index contributed by atoms with van der Waals surface area (Å²) in [6.07, 6.45) is 7.13. The number of aliphatic carboxylic acids is 2. The molecule has 2 aliphatic rings. The first-order chi connectivity index (χ1) is 17.4. The van der Waals surface area contributed by atoms with Gasteiger partial charge in [-0.05, 0) is 91.9 Å². The SMILES string of the molecule is Brc1ccc(-c2nccc3cc(OCC4CC4CNCC4CC4)ccc23)cc1.O=C(O)/C=C/C(=O)O. The van der Waals surface area contributed by atoms with E-state index in [9.17, 15) is 9.59 Å². The van der Waals surface area contributed by atoms with E-state index in [-0.39, 0.29) is 0 Å². The first-order valence-electron chi connectivity index (χ1n) is 12.0. The van der Waals surface area contributed by atoms with E-state index in [2.05, 4.69) is 74.8 Å². The summed E-state index contributed by atoms with van der Waals surface area (Å²) in [5.74, 6) is 0.908. The van der Waals surface area contributed by atoms with Gasteiger partial charge in [-0.3, -0.25) is 4.98 Å². The summed E-state index contributed by atoms with van der Waals surface area (Å²) in [5.41, 5.74) is 2.14. The highest BCUT2D eigenvalue weighted by Crippen LogP contribution is 2.39. The molecule has 7 nitrogen and oxygen atoms in total. The molecule has 0 spiro atoms. The van der Waals surface area contributed by atoms with E-state index < -0.39 is 11.9 Å². The molecule has 3 aromatic rings. The highest BCUT2D eigenvalue weighted by molar-refractivity contribution is 9.10. The number of benzene rings is 2. The van der Waals surface area contributed by atoms with Gasteiger partial charge in [-0.1, -0.05) is 28.1 Å². The fourth-order valence-corrected chi connectivity index (χ4v) is 4.25. The van der Waals surface area contributed by atoms with E-state index in [0.29, 0.717) is 18.1 Å². The molecule has 0 amide bonds. The van der Waals surface area contributed by atoms with Crippen molar-refractivity contribution in [3.05, 3.63) is 71.4 Å². The van der Waals surface area contributed by atoms with Gasteiger partial charge in [0, 0.05) is 33.8 Å². The van der Waals surface area contributed by atoms with Gasteiger partial charge in [-0.25, -0.2) is 9.59 Å². The highest BCUT2D eigenvalue weighted by atomic mass is 79.9. The second-order valence-electron chi connectivity index (χ2n) is 9.23. The van der Waals surface area contributed by atoms with Crippen molar-refractivity contribution in [2.45, 2.75) is 19.3 Å². The third kappa shape index (κ3) is 7.90. The van der Waals surface area contributed by atoms with Gasteiger partial charge in [0.25, 0.3) is 0 Å². The smallest absolute Gasteiger partial charge is 0.328 e. The molecule has 0 radical (unpaired) electrons. The number of carboxylic acid groups (broad SMARTS) is 2. The Bertz CT molecular complexity index is 1220. The minimum atomic E-state index is -1.26. The molecule has 0 aliphatic heterocycles. The first kappa shape index (κ1) is 25.9. The standard InChI is InChI=1S/C24H25BrN2O.C4H4O4/c25-21-5-3-17(4-6-21)24-23-8-7-22(12-18(23)9-10-27-24)28-15-20-11-19(20)14-26-13-16-1-2-16;5-3(6)1-2-4(7)8/h3-10,12,16,19-20,26H,1-2,11,13-15H2;1-2H,(H,5,6)(H,7,8)/b;2-1+. The van der Waals surface area contributed by atoms with Crippen LogP contribution in [0, 0.1) is 17.8 Å². The average molecular weight is 553 g/mol. The van der Waals surface area contributed by atoms with Gasteiger partial charge < -0.3 is 20.3 Å². The lowest BCUT2D eigenvalue weighted by molar-refractivity contribution is -0.134. The molecular weight excluding hydrogens is 524 g/mol. The van der Waals surface area contributed by atoms with Crippen LogP contribution in [0.25, 0.3) is 22.0 Å². The Morgan fingerprint density at radius 1 is 1.00 bits per heavy atom. The number of halogens is 1. The lowest BCUT2D eigenvalue weighted by Gasteiger charge is -2.10.